The Morgan fingerprint density at radius 3 is 1.14 bits per heavy atom. The van der Waals surface area contributed by atoms with E-state index < -0.39 is 16.8 Å². The molecule has 0 bridgehead atoms. The molecule has 50 heavy (non-hydrogen) atoms. The summed E-state index contributed by atoms with van der Waals surface area (Å²) in [6.45, 7) is 24.5. The number of ether oxygens (including phenoxy) is 3. The van der Waals surface area contributed by atoms with Crippen molar-refractivity contribution in [2.75, 3.05) is 105 Å². The highest BCUT2D eigenvalue weighted by Gasteiger charge is 2.25. The normalized spacial score (nSPS) is 17.0. The highest BCUT2D eigenvalue weighted by Crippen LogP contribution is 2.12. The first-order valence-electron chi connectivity index (χ1n) is 18.4. The third-order valence-electron chi connectivity index (χ3n) is 7.76. The van der Waals surface area contributed by atoms with Gasteiger partial charge in [-0.2, -0.15) is 0 Å². The number of nitrogens with two attached hydrogens (primary N) is 2. The zero-order chi connectivity index (χ0) is 38.0. The van der Waals surface area contributed by atoms with Gasteiger partial charge in [0, 0.05) is 85.0 Å². The molecule has 1 amide bonds. The Labute approximate surface area is 302 Å². The highest BCUT2D eigenvalue weighted by molar-refractivity contribution is 5.76. The summed E-state index contributed by atoms with van der Waals surface area (Å²) < 4.78 is 16.9. The lowest BCUT2D eigenvalue weighted by Gasteiger charge is -2.34. The van der Waals surface area contributed by atoms with E-state index in [1.54, 1.807) is 4.90 Å². The van der Waals surface area contributed by atoms with Gasteiger partial charge in [0.05, 0.1) is 19.6 Å². The van der Waals surface area contributed by atoms with E-state index in [4.69, 9.17) is 25.7 Å². The molecule has 292 valence electrons. The van der Waals surface area contributed by atoms with Crippen molar-refractivity contribution in [1.82, 2.24) is 24.5 Å². The SMILES string of the molecule is CC(C)(C)OC(=O)CN1CCN(CCCCCC(=O)N(CCN)CCN)CCN(CC(=O)OC(C)(C)C)CCN(CC(=O)OC(C)(C)C)CC1. The summed E-state index contributed by atoms with van der Waals surface area (Å²) >= 11 is 0. The topological polar surface area (TPSA) is 164 Å². The number of carbonyl (C=O) groups excluding carboxylic acids is 4. The van der Waals surface area contributed by atoms with Gasteiger partial charge >= 0.3 is 17.9 Å². The summed E-state index contributed by atoms with van der Waals surface area (Å²) in [4.78, 5) is 61.7. The largest absolute Gasteiger partial charge is 0.459 e. The molecule has 0 aromatic heterocycles. The molecule has 14 heteroatoms. The first-order valence-corrected chi connectivity index (χ1v) is 18.4. The molecule has 0 radical (unpaired) electrons. The number of amides is 1. The minimum absolute atomic E-state index is 0.0866. The number of carbonyl (C=O) groups is 4. The van der Waals surface area contributed by atoms with Crippen LogP contribution in [-0.2, 0) is 33.4 Å². The zero-order valence-electron chi connectivity index (χ0n) is 32.9. The van der Waals surface area contributed by atoms with E-state index in [1.165, 1.54) is 0 Å². The summed E-state index contributed by atoms with van der Waals surface area (Å²) in [6, 6.07) is 0. The van der Waals surface area contributed by atoms with Gasteiger partial charge in [-0.15, -0.1) is 0 Å². The van der Waals surface area contributed by atoms with Crippen LogP contribution in [0.4, 0.5) is 0 Å². The second-order valence-corrected chi connectivity index (χ2v) is 16.2. The van der Waals surface area contributed by atoms with Crippen LogP contribution in [0.25, 0.3) is 0 Å². The minimum Gasteiger partial charge on any atom is -0.459 e. The Kier molecular flexibility index (Phi) is 20.6. The van der Waals surface area contributed by atoms with Gasteiger partial charge in [0.25, 0.3) is 0 Å². The van der Waals surface area contributed by atoms with Crippen molar-refractivity contribution in [2.45, 2.75) is 105 Å². The van der Waals surface area contributed by atoms with Crippen LogP contribution in [0.15, 0.2) is 0 Å². The van der Waals surface area contributed by atoms with Crippen molar-refractivity contribution < 1.29 is 33.4 Å². The predicted molar refractivity (Wildman–Crippen MR) is 196 cm³/mol. The van der Waals surface area contributed by atoms with Gasteiger partial charge in [0.2, 0.25) is 5.91 Å². The van der Waals surface area contributed by atoms with Crippen LogP contribution in [0, 0.1) is 0 Å². The zero-order valence-corrected chi connectivity index (χ0v) is 32.9. The lowest BCUT2D eigenvalue weighted by molar-refractivity contribution is -0.158. The third-order valence-corrected chi connectivity index (χ3v) is 7.76. The van der Waals surface area contributed by atoms with Crippen LogP contribution in [0.1, 0.15) is 88.0 Å². The van der Waals surface area contributed by atoms with Crippen LogP contribution < -0.4 is 11.5 Å². The van der Waals surface area contributed by atoms with Crippen molar-refractivity contribution >= 4 is 23.8 Å². The Hall–Kier alpha value is -2.36. The molecular weight excluding hydrogens is 642 g/mol. The maximum Gasteiger partial charge on any atom is 0.320 e. The van der Waals surface area contributed by atoms with E-state index in [0.717, 1.165) is 25.8 Å². The molecule has 0 saturated carbocycles. The molecule has 4 N–H and O–H groups in total. The summed E-state index contributed by atoms with van der Waals surface area (Å²) in [5.74, 6) is -0.812. The van der Waals surface area contributed by atoms with Crippen LogP contribution in [-0.4, -0.2) is 170 Å². The van der Waals surface area contributed by atoms with Crippen molar-refractivity contribution in [3.63, 3.8) is 0 Å². The molecule has 1 heterocycles. The highest BCUT2D eigenvalue weighted by atomic mass is 16.6. The summed E-state index contributed by atoms with van der Waals surface area (Å²) in [5, 5.41) is 0. The van der Waals surface area contributed by atoms with Crippen LogP contribution in [0.2, 0.25) is 0 Å². The standard InChI is InChI=1S/C36H71N7O7/c1-34(2,3)48-31(45)27-40-21-19-39(16-12-10-11-13-30(44)43(17-14-37)18-15-38)20-22-41(28-32(46)49-35(4,5)6)24-26-42(25-23-40)29-33(47)50-36(7,8)9/h10-29,37-38H2,1-9H3. The molecule has 1 aliphatic rings. The monoisotopic (exact) mass is 714 g/mol. The number of esters is 3. The van der Waals surface area contributed by atoms with Crippen LogP contribution in [0.3, 0.4) is 0 Å². The van der Waals surface area contributed by atoms with Crippen molar-refractivity contribution in [1.29, 1.82) is 0 Å². The van der Waals surface area contributed by atoms with E-state index in [0.29, 0.717) is 85.0 Å². The average molecular weight is 714 g/mol. The lowest BCUT2D eigenvalue weighted by Crippen LogP contribution is -2.49. The Balaban J connectivity index is 3.10. The predicted octanol–water partition coefficient (Wildman–Crippen LogP) is 1.54. The molecule has 1 saturated heterocycles. The Morgan fingerprint density at radius 1 is 0.520 bits per heavy atom. The molecule has 1 aliphatic heterocycles. The van der Waals surface area contributed by atoms with Crippen LogP contribution in [0.5, 0.6) is 0 Å². The number of nitrogens with zero attached hydrogens (tertiary/aromatic N) is 5. The molecule has 0 unspecified atom stereocenters. The molecule has 0 spiro atoms. The second-order valence-electron chi connectivity index (χ2n) is 16.2. The van der Waals surface area contributed by atoms with E-state index in [1.807, 2.05) is 67.2 Å². The second kappa shape index (κ2) is 22.5. The molecule has 1 fully saturated rings. The summed E-state index contributed by atoms with van der Waals surface area (Å²) in [6.07, 6.45) is 3.04. The van der Waals surface area contributed by atoms with Gasteiger partial charge in [0.1, 0.15) is 16.8 Å². The smallest absolute Gasteiger partial charge is 0.320 e. The van der Waals surface area contributed by atoms with Gasteiger partial charge < -0.3 is 35.5 Å². The van der Waals surface area contributed by atoms with Crippen molar-refractivity contribution in [2.24, 2.45) is 11.5 Å². The third kappa shape index (κ3) is 23.2. The number of rotatable bonds is 16. The van der Waals surface area contributed by atoms with Gasteiger partial charge in [-0.25, -0.2) is 0 Å². The molecular formula is C36H71N7O7. The maximum atomic E-state index is 12.9. The fraction of sp³-hybridized carbons (Fsp3) is 0.889. The Bertz CT molecular complexity index is 972. The van der Waals surface area contributed by atoms with Gasteiger partial charge in [-0.05, 0) is 81.7 Å². The van der Waals surface area contributed by atoms with E-state index in [9.17, 15) is 19.2 Å². The maximum absolute atomic E-state index is 12.9. The number of hydrogen-bond acceptors (Lipinski definition) is 13. The number of hydrogen-bond donors (Lipinski definition) is 2. The number of unbranched alkanes of at least 4 members (excludes halogenated alkanes) is 2. The quantitative estimate of drug-likeness (QED) is 0.135. The fourth-order valence-corrected chi connectivity index (χ4v) is 5.57. The molecule has 0 aliphatic carbocycles. The van der Waals surface area contributed by atoms with Gasteiger partial charge in [-0.3, -0.25) is 33.9 Å². The summed E-state index contributed by atoms with van der Waals surface area (Å²) in [7, 11) is 0. The molecule has 1 rings (SSSR count). The average Bonchev–Trinajstić information content (AvgIpc) is 2.94. The fourth-order valence-electron chi connectivity index (χ4n) is 5.57. The van der Waals surface area contributed by atoms with E-state index in [-0.39, 0.29) is 43.4 Å². The molecule has 0 aromatic rings. The lowest BCUT2D eigenvalue weighted by atomic mass is 10.1. The first kappa shape index (κ1) is 45.7. The van der Waals surface area contributed by atoms with Gasteiger partial charge in [0.15, 0.2) is 0 Å². The van der Waals surface area contributed by atoms with Crippen LogP contribution >= 0.6 is 0 Å². The van der Waals surface area contributed by atoms with Gasteiger partial charge in [-0.1, -0.05) is 6.42 Å². The Morgan fingerprint density at radius 2 is 0.840 bits per heavy atom. The van der Waals surface area contributed by atoms with E-state index >= 15 is 0 Å². The first-order chi connectivity index (χ1) is 23.2. The summed E-state index contributed by atoms with van der Waals surface area (Å²) in [5.41, 5.74) is 9.55. The molecule has 0 aromatic carbocycles. The van der Waals surface area contributed by atoms with Crippen molar-refractivity contribution in [3.05, 3.63) is 0 Å². The minimum atomic E-state index is -0.608. The van der Waals surface area contributed by atoms with E-state index in [2.05, 4.69) is 14.7 Å². The van der Waals surface area contributed by atoms with Crippen molar-refractivity contribution in [3.8, 4) is 0 Å². The molecule has 0 atom stereocenters. The molecule has 14 nitrogen and oxygen atoms in total.